The van der Waals surface area contributed by atoms with Crippen LogP contribution in [0.15, 0.2) is 72.4 Å². The number of nitrogens with zero attached hydrogens (tertiary/aromatic N) is 1. The molecule has 4 nitrogen and oxygen atoms in total. The van der Waals surface area contributed by atoms with Crippen LogP contribution in [0, 0.1) is 11.3 Å². The molecule has 22 heavy (non-hydrogen) atoms. The predicted molar refractivity (Wildman–Crippen MR) is 90.9 cm³/mol. The van der Waals surface area contributed by atoms with E-state index in [0.29, 0.717) is 17.2 Å². The quantitative estimate of drug-likeness (QED) is 0.629. The standard InChI is InChI=1S/C16H15N2O2PS/c1-14(12-13-17)18-21(22,19-15-8-4-2-5-9-15)20-16-10-6-3-7-11-16/h2-12H,1H3,(H,18,22)/b14-12+. The van der Waals surface area contributed by atoms with E-state index in [1.807, 2.05) is 42.5 Å². The van der Waals surface area contributed by atoms with Gasteiger partial charge in [0.15, 0.2) is 0 Å². The van der Waals surface area contributed by atoms with Gasteiger partial charge >= 0.3 is 6.64 Å². The van der Waals surface area contributed by atoms with E-state index in [0.717, 1.165) is 0 Å². The number of allylic oxidation sites excluding steroid dienone is 2. The first-order valence-electron chi connectivity index (χ1n) is 6.55. The summed E-state index contributed by atoms with van der Waals surface area (Å²) >= 11 is 5.56. The Morgan fingerprint density at radius 2 is 1.50 bits per heavy atom. The molecule has 112 valence electrons. The van der Waals surface area contributed by atoms with Crippen LogP contribution in [0.4, 0.5) is 0 Å². The Labute approximate surface area is 135 Å². The minimum absolute atomic E-state index is 0.595. The summed E-state index contributed by atoms with van der Waals surface area (Å²) < 4.78 is 11.7. The van der Waals surface area contributed by atoms with Crippen LogP contribution in [-0.4, -0.2) is 0 Å². The Hall–Kier alpha value is -2.28. The van der Waals surface area contributed by atoms with E-state index in [1.54, 1.807) is 31.2 Å². The Kier molecular flexibility index (Phi) is 5.60. The smallest absolute Gasteiger partial charge is 0.392 e. The maximum absolute atomic E-state index is 8.74. The fourth-order valence-electron chi connectivity index (χ4n) is 1.65. The summed E-state index contributed by atoms with van der Waals surface area (Å²) in [6, 6.07) is 20.4. The average molecular weight is 330 g/mol. The van der Waals surface area contributed by atoms with Gasteiger partial charge in [-0.25, -0.2) is 0 Å². The molecule has 0 aliphatic carbocycles. The molecule has 0 amide bonds. The van der Waals surface area contributed by atoms with Gasteiger partial charge < -0.3 is 9.05 Å². The van der Waals surface area contributed by atoms with Crippen LogP contribution >= 0.6 is 6.64 Å². The lowest BCUT2D eigenvalue weighted by Crippen LogP contribution is -2.16. The molecule has 2 aromatic rings. The highest BCUT2D eigenvalue weighted by Gasteiger charge is 2.23. The van der Waals surface area contributed by atoms with Gasteiger partial charge in [0.2, 0.25) is 0 Å². The van der Waals surface area contributed by atoms with E-state index >= 15 is 0 Å². The van der Waals surface area contributed by atoms with E-state index < -0.39 is 6.64 Å². The second-order valence-electron chi connectivity index (χ2n) is 4.37. The fraction of sp³-hybridized carbons (Fsp3) is 0.0625. The number of hydrogen-bond acceptors (Lipinski definition) is 4. The predicted octanol–water partition coefficient (Wildman–Crippen LogP) is 4.39. The van der Waals surface area contributed by atoms with Crippen molar-refractivity contribution in [1.82, 2.24) is 5.09 Å². The Morgan fingerprint density at radius 3 is 1.91 bits per heavy atom. The molecule has 0 spiro atoms. The summed E-state index contributed by atoms with van der Waals surface area (Å²) in [5.41, 5.74) is 0.595. The zero-order chi connectivity index (χ0) is 15.8. The number of nitriles is 1. The molecular formula is C16H15N2O2PS. The molecule has 2 aromatic carbocycles. The Bertz CT molecular complexity index is 681. The van der Waals surface area contributed by atoms with Crippen LogP contribution < -0.4 is 14.1 Å². The zero-order valence-corrected chi connectivity index (χ0v) is 13.7. The third kappa shape index (κ3) is 4.92. The fourth-order valence-corrected chi connectivity index (χ4v) is 4.02. The van der Waals surface area contributed by atoms with Gasteiger partial charge in [0, 0.05) is 23.6 Å². The lowest BCUT2D eigenvalue weighted by Gasteiger charge is -2.24. The molecule has 6 heteroatoms. The maximum Gasteiger partial charge on any atom is 0.392 e. The zero-order valence-electron chi connectivity index (χ0n) is 12.0. The summed E-state index contributed by atoms with van der Waals surface area (Å²) in [5.74, 6) is 1.22. The summed E-state index contributed by atoms with van der Waals surface area (Å²) in [5, 5.41) is 11.8. The number of para-hydroxylation sites is 2. The first-order chi connectivity index (χ1) is 10.6. The molecule has 0 radical (unpaired) electrons. The normalized spacial score (nSPS) is 11.4. The van der Waals surface area contributed by atoms with Crippen molar-refractivity contribution in [3.8, 4) is 17.6 Å². The van der Waals surface area contributed by atoms with E-state index in [4.69, 9.17) is 26.1 Å². The molecule has 1 N–H and O–H groups in total. The van der Waals surface area contributed by atoms with Gasteiger partial charge in [-0.3, -0.25) is 5.09 Å². The van der Waals surface area contributed by atoms with Crippen molar-refractivity contribution in [1.29, 1.82) is 5.26 Å². The van der Waals surface area contributed by atoms with Crippen LogP contribution in [0.3, 0.4) is 0 Å². The SMILES string of the molecule is C/C(=C\C#N)NP(=S)(Oc1ccccc1)Oc1ccccc1. The van der Waals surface area contributed by atoms with Crippen molar-refractivity contribution in [2.75, 3.05) is 0 Å². The minimum Gasteiger partial charge on any atom is -0.421 e. The first kappa shape index (κ1) is 16.1. The summed E-state index contributed by atoms with van der Waals surface area (Å²) in [6.45, 7) is -1.14. The van der Waals surface area contributed by atoms with Crippen LogP contribution in [0.1, 0.15) is 6.92 Å². The topological polar surface area (TPSA) is 54.3 Å². The lowest BCUT2D eigenvalue weighted by atomic mass is 10.3. The van der Waals surface area contributed by atoms with Gasteiger partial charge in [0.05, 0.1) is 6.07 Å². The molecule has 0 atom stereocenters. The number of hydrogen-bond donors (Lipinski definition) is 1. The van der Waals surface area contributed by atoms with Gasteiger partial charge in [-0.1, -0.05) is 36.4 Å². The van der Waals surface area contributed by atoms with Gasteiger partial charge in [-0.15, -0.1) is 0 Å². The van der Waals surface area contributed by atoms with Crippen molar-refractivity contribution < 1.29 is 9.05 Å². The number of benzene rings is 2. The van der Waals surface area contributed by atoms with E-state index in [9.17, 15) is 0 Å². The second-order valence-corrected chi connectivity index (χ2v) is 7.40. The molecule has 0 aromatic heterocycles. The van der Waals surface area contributed by atoms with E-state index in [2.05, 4.69) is 5.09 Å². The van der Waals surface area contributed by atoms with Crippen molar-refractivity contribution in [3.63, 3.8) is 0 Å². The van der Waals surface area contributed by atoms with Crippen LogP contribution in [0.5, 0.6) is 11.5 Å². The highest BCUT2D eigenvalue weighted by atomic mass is 32.5. The Morgan fingerprint density at radius 1 is 1.05 bits per heavy atom. The van der Waals surface area contributed by atoms with Crippen molar-refractivity contribution in [2.45, 2.75) is 6.92 Å². The number of nitrogens with one attached hydrogen (secondary N) is 1. The maximum atomic E-state index is 8.74. The monoisotopic (exact) mass is 330 g/mol. The van der Waals surface area contributed by atoms with Crippen molar-refractivity contribution >= 4 is 18.4 Å². The van der Waals surface area contributed by atoms with Crippen molar-refractivity contribution in [2.24, 2.45) is 0 Å². The van der Waals surface area contributed by atoms with Gasteiger partial charge in [0.1, 0.15) is 11.5 Å². The molecule has 0 heterocycles. The third-order valence-corrected chi connectivity index (χ3v) is 4.78. The minimum atomic E-state index is -2.89. The van der Waals surface area contributed by atoms with Gasteiger partial charge in [-0.2, -0.15) is 5.26 Å². The number of rotatable bonds is 6. The van der Waals surface area contributed by atoms with Gasteiger partial charge in [0.25, 0.3) is 0 Å². The molecule has 0 aliphatic rings. The molecule has 2 rings (SSSR count). The van der Waals surface area contributed by atoms with Crippen LogP contribution in [-0.2, 0) is 11.8 Å². The van der Waals surface area contributed by atoms with Crippen molar-refractivity contribution in [3.05, 3.63) is 72.4 Å². The summed E-state index contributed by atoms with van der Waals surface area (Å²) in [4.78, 5) is 0. The molecule has 0 aliphatic heterocycles. The van der Waals surface area contributed by atoms with Crippen LogP contribution in [0.2, 0.25) is 0 Å². The van der Waals surface area contributed by atoms with Crippen LogP contribution in [0.25, 0.3) is 0 Å². The molecule has 0 fully saturated rings. The second kappa shape index (κ2) is 7.65. The highest BCUT2D eigenvalue weighted by molar-refractivity contribution is 8.09. The lowest BCUT2D eigenvalue weighted by molar-refractivity contribution is 0.476. The average Bonchev–Trinajstić information content (AvgIpc) is 2.49. The largest absolute Gasteiger partial charge is 0.421 e. The third-order valence-electron chi connectivity index (χ3n) is 2.53. The molecule has 0 unspecified atom stereocenters. The first-order valence-corrected chi connectivity index (χ1v) is 9.19. The van der Waals surface area contributed by atoms with E-state index in [-0.39, 0.29) is 0 Å². The molecule has 0 bridgehead atoms. The van der Waals surface area contributed by atoms with Gasteiger partial charge in [-0.05, 0) is 31.2 Å². The Balaban J connectivity index is 2.25. The summed E-state index contributed by atoms with van der Waals surface area (Å²) in [7, 11) is 0. The molecule has 0 saturated heterocycles. The molecular weight excluding hydrogens is 315 g/mol. The summed E-state index contributed by atoms with van der Waals surface area (Å²) in [6.07, 6.45) is 1.36. The van der Waals surface area contributed by atoms with E-state index in [1.165, 1.54) is 6.08 Å². The highest BCUT2D eigenvalue weighted by Crippen LogP contribution is 2.45. The molecule has 0 saturated carbocycles.